The van der Waals surface area contributed by atoms with Gasteiger partial charge in [-0.1, -0.05) is 108 Å². The van der Waals surface area contributed by atoms with Crippen molar-refractivity contribution in [3.63, 3.8) is 0 Å². The van der Waals surface area contributed by atoms with Crippen LogP contribution in [0.25, 0.3) is 82.5 Å². The van der Waals surface area contributed by atoms with Gasteiger partial charge in [-0.15, -0.1) is 0 Å². The number of furan rings is 2. The molecule has 0 fully saturated rings. The highest BCUT2D eigenvalue weighted by molar-refractivity contribution is 6.73. The van der Waals surface area contributed by atoms with E-state index in [4.69, 9.17) is 8.83 Å². The molecule has 56 heavy (non-hydrogen) atoms. The number of nitrogens with zero attached hydrogens (tertiary/aromatic N) is 1. The first-order valence-electron chi connectivity index (χ1n) is 19.8. The second-order valence-electron chi connectivity index (χ2n) is 18.0. The molecular formula is C51H43BN2O2. The van der Waals surface area contributed by atoms with E-state index in [-0.39, 0.29) is 10.8 Å². The van der Waals surface area contributed by atoms with Crippen LogP contribution < -0.4 is 16.2 Å². The SMILES string of the molecule is Cc1cc(-c2cc(C(C)(C)C)ccc2Nc2ccc(C(C)(C)C)cc2)c2c3c1c1cc4c(cc1n3-c1cc3c(cc1B2)oc1ccccc13)oc1ccccc14. The van der Waals surface area contributed by atoms with Crippen molar-refractivity contribution in [2.75, 3.05) is 5.32 Å². The highest BCUT2D eigenvalue weighted by atomic mass is 16.3. The Morgan fingerprint density at radius 3 is 1.86 bits per heavy atom. The van der Waals surface area contributed by atoms with Gasteiger partial charge in [-0.3, -0.25) is 0 Å². The van der Waals surface area contributed by atoms with Crippen LogP contribution in [-0.2, 0) is 10.8 Å². The van der Waals surface area contributed by atoms with Crippen LogP contribution in [-0.4, -0.2) is 11.8 Å². The van der Waals surface area contributed by atoms with E-state index in [0.29, 0.717) is 0 Å². The molecule has 4 nitrogen and oxygen atoms in total. The molecule has 7 aromatic carbocycles. The van der Waals surface area contributed by atoms with Crippen molar-refractivity contribution in [3.8, 4) is 16.8 Å². The van der Waals surface area contributed by atoms with Gasteiger partial charge >= 0.3 is 0 Å². The summed E-state index contributed by atoms with van der Waals surface area (Å²) >= 11 is 0. The zero-order valence-electron chi connectivity index (χ0n) is 33.0. The molecule has 1 N–H and O–H groups in total. The molecule has 0 atom stereocenters. The van der Waals surface area contributed by atoms with E-state index in [9.17, 15) is 0 Å². The number of nitrogens with one attached hydrogen (secondary N) is 1. The molecule has 0 bridgehead atoms. The summed E-state index contributed by atoms with van der Waals surface area (Å²) in [7, 11) is 0.781. The quantitative estimate of drug-likeness (QED) is 0.184. The Kier molecular flexibility index (Phi) is 6.77. The van der Waals surface area contributed by atoms with Crippen molar-refractivity contribution < 1.29 is 8.83 Å². The molecule has 0 unspecified atom stereocenters. The van der Waals surface area contributed by atoms with E-state index in [1.165, 1.54) is 60.7 Å². The van der Waals surface area contributed by atoms with Gasteiger partial charge in [-0.05, 0) is 100 Å². The third-order valence-corrected chi connectivity index (χ3v) is 12.2. The van der Waals surface area contributed by atoms with E-state index >= 15 is 0 Å². The molecular weight excluding hydrogens is 683 g/mol. The van der Waals surface area contributed by atoms with Crippen LogP contribution in [0.4, 0.5) is 11.4 Å². The Hall–Kier alpha value is -6.20. The van der Waals surface area contributed by atoms with Crippen LogP contribution in [0.5, 0.6) is 0 Å². The van der Waals surface area contributed by atoms with Crippen LogP contribution >= 0.6 is 0 Å². The van der Waals surface area contributed by atoms with Crippen molar-refractivity contribution >= 4 is 95.3 Å². The fourth-order valence-corrected chi connectivity index (χ4v) is 9.26. The number of para-hydroxylation sites is 2. The average Bonchev–Trinajstić information content (AvgIpc) is 3.83. The maximum atomic E-state index is 6.54. The van der Waals surface area contributed by atoms with Crippen molar-refractivity contribution in [3.05, 3.63) is 138 Å². The van der Waals surface area contributed by atoms with Gasteiger partial charge in [0.1, 0.15) is 22.3 Å². The minimum absolute atomic E-state index is 0.0245. The molecule has 0 aliphatic carbocycles. The summed E-state index contributed by atoms with van der Waals surface area (Å²) < 4.78 is 15.6. The summed E-state index contributed by atoms with van der Waals surface area (Å²) in [6, 6.07) is 44.4. The van der Waals surface area contributed by atoms with E-state index in [1.54, 1.807) is 0 Å². The predicted octanol–water partition coefficient (Wildman–Crippen LogP) is 12.6. The first-order valence-corrected chi connectivity index (χ1v) is 19.8. The molecule has 0 radical (unpaired) electrons. The molecule has 1 aliphatic rings. The number of aromatic nitrogens is 1. The van der Waals surface area contributed by atoms with Crippen molar-refractivity contribution in [2.45, 2.75) is 59.3 Å². The molecule has 0 amide bonds. The Bertz CT molecular complexity index is 3270. The summed E-state index contributed by atoms with van der Waals surface area (Å²) in [5, 5.41) is 11.0. The van der Waals surface area contributed by atoms with Crippen molar-refractivity contribution in [1.29, 1.82) is 0 Å². The lowest BCUT2D eigenvalue weighted by Crippen LogP contribution is -2.37. The monoisotopic (exact) mass is 726 g/mol. The van der Waals surface area contributed by atoms with Crippen LogP contribution in [0.15, 0.2) is 130 Å². The van der Waals surface area contributed by atoms with Gasteiger partial charge in [0.2, 0.25) is 0 Å². The van der Waals surface area contributed by atoms with Crippen LogP contribution in [0.3, 0.4) is 0 Å². The zero-order chi connectivity index (χ0) is 38.2. The third kappa shape index (κ3) is 4.86. The normalized spacial score (nSPS) is 13.1. The molecule has 1 aliphatic heterocycles. The minimum Gasteiger partial charge on any atom is -0.456 e. The van der Waals surface area contributed by atoms with Crippen LogP contribution in [0.1, 0.15) is 58.2 Å². The topological polar surface area (TPSA) is 43.2 Å². The van der Waals surface area contributed by atoms with Crippen LogP contribution in [0.2, 0.25) is 0 Å². The Morgan fingerprint density at radius 1 is 0.554 bits per heavy atom. The lowest BCUT2D eigenvalue weighted by Gasteiger charge is -2.26. The molecule has 0 spiro atoms. The highest BCUT2D eigenvalue weighted by Crippen LogP contribution is 2.44. The molecule has 5 heteroatoms. The maximum Gasteiger partial charge on any atom is 0.198 e. The summed E-state index contributed by atoms with van der Waals surface area (Å²) in [6.07, 6.45) is 0. The third-order valence-electron chi connectivity index (χ3n) is 12.2. The molecule has 0 saturated heterocycles. The fourth-order valence-electron chi connectivity index (χ4n) is 9.26. The van der Waals surface area contributed by atoms with Crippen molar-refractivity contribution in [1.82, 2.24) is 4.57 Å². The number of anilines is 2. The first kappa shape index (κ1) is 33.2. The summed E-state index contributed by atoms with van der Waals surface area (Å²) in [6.45, 7) is 16.0. The number of fused-ring (bicyclic) bond motifs is 11. The minimum atomic E-state index is -0.0245. The van der Waals surface area contributed by atoms with E-state index in [0.717, 1.165) is 68.0 Å². The molecule has 272 valence electrons. The summed E-state index contributed by atoms with van der Waals surface area (Å²) in [5.74, 6) is 0. The summed E-state index contributed by atoms with van der Waals surface area (Å²) in [5.41, 5.74) is 18.4. The molecule has 4 heterocycles. The molecule has 10 aromatic rings. The second kappa shape index (κ2) is 11.4. The Labute approximate surface area is 327 Å². The number of rotatable bonds is 3. The number of hydrogen-bond acceptors (Lipinski definition) is 3. The molecule has 11 rings (SSSR count). The van der Waals surface area contributed by atoms with E-state index < -0.39 is 0 Å². The van der Waals surface area contributed by atoms with E-state index in [2.05, 4.69) is 168 Å². The summed E-state index contributed by atoms with van der Waals surface area (Å²) in [4.78, 5) is 0. The zero-order valence-corrected chi connectivity index (χ0v) is 33.0. The smallest absolute Gasteiger partial charge is 0.198 e. The van der Waals surface area contributed by atoms with Gasteiger partial charge in [-0.25, -0.2) is 0 Å². The largest absolute Gasteiger partial charge is 0.456 e. The fraction of sp³-hybridized carbons (Fsp3) is 0.176. The van der Waals surface area contributed by atoms with Gasteiger partial charge in [-0.2, -0.15) is 0 Å². The maximum absolute atomic E-state index is 6.54. The predicted molar refractivity (Wildman–Crippen MR) is 239 cm³/mol. The van der Waals surface area contributed by atoms with Gasteiger partial charge < -0.3 is 18.7 Å². The van der Waals surface area contributed by atoms with Gasteiger partial charge in [0.05, 0.1) is 5.52 Å². The van der Waals surface area contributed by atoms with Gasteiger partial charge in [0.15, 0.2) is 7.28 Å². The van der Waals surface area contributed by atoms with E-state index in [1.807, 2.05) is 12.1 Å². The number of hydrogen-bond donors (Lipinski definition) is 1. The van der Waals surface area contributed by atoms with Crippen molar-refractivity contribution in [2.24, 2.45) is 0 Å². The van der Waals surface area contributed by atoms with Crippen LogP contribution in [0, 0.1) is 6.92 Å². The Morgan fingerprint density at radius 2 is 1.18 bits per heavy atom. The lowest BCUT2D eigenvalue weighted by atomic mass is 9.58. The molecule has 3 aromatic heterocycles. The lowest BCUT2D eigenvalue weighted by molar-refractivity contribution is 0.590. The highest BCUT2D eigenvalue weighted by Gasteiger charge is 2.30. The second-order valence-corrected chi connectivity index (χ2v) is 18.0. The van der Waals surface area contributed by atoms with Gasteiger partial charge in [0, 0.05) is 66.5 Å². The standard InChI is InChI=1S/C51H43BN2O2/c1-28-22-37(34-23-30(51(5,6)7)18-21-40(34)53-31-19-16-29(17-20-31)50(2,3)4)48-49-47(28)38-24-35-32-12-8-10-14-43(32)56-46(35)27-41(38)54(49)42-25-36-33-13-9-11-15-44(33)55-45(36)26-39(42)52-48/h8-27,52-53H,1-7H3. The first-order chi connectivity index (χ1) is 26.9. The Balaban J connectivity index is 1.22. The molecule has 0 saturated carbocycles. The number of benzene rings is 7. The average molecular weight is 727 g/mol. The van der Waals surface area contributed by atoms with Gasteiger partial charge in [0.25, 0.3) is 0 Å². The number of aryl methyl sites for hydroxylation is 1.